The van der Waals surface area contributed by atoms with E-state index >= 15 is 0 Å². The van der Waals surface area contributed by atoms with Crippen LogP contribution in [0.5, 0.6) is 0 Å². The molecule has 2 N–H and O–H groups in total. The Kier molecular flexibility index (Phi) is 5.58. The molecule has 3 heteroatoms. The van der Waals surface area contributed by atoms with Crippen molar-refractivity contribution in [1.29, 1.82) is 0 Å². The highest BCUT2D eigenvalue weighted by Crippen LogP contribution is 2.32. The van der Waals surface area contributed by atoms with Crippen LogP contribution in [0.3, 0.4) is 0 Å². The number of hydrogen-bond donors (Lipinski definition) is 1. The molecule has 3 nitrogen and oxygen atoms in total. The Morgan fingerprint density at radius 3 is 2.65 bits per heavy atom. The Bertz CT molecular complexity index is 421. The number of rotatable bonds is 7. The Morgan fingerprint density at radius 1 is 1.25 bits per heavy atom. The summed E-state index contributed by atoms with van der Waals surface area (Å²) in [5, 5.41) is 0. The lowest BCUT2D eigenvalue weighted by Crippen LogP contribution is -2.57. The van der Waals surface area contributed by atoms with E-state index < -0.39 is 0 Å². The molecule has 0 bridgehead atoms. The SMILES string of the molecule is CCOCCN(CC)C1(CN)CCc2ccccc2C1. The third kappa shape index (κ3) is 3.22. The summed E-state index contributed by atoms with van der Waals surface area (Å²) < 4.78 is 5.53. The molecule has 1 aromatic carbocycles. The maximum absolute atomic E-state index is 6.19. The van der Waals surface area contributed by atoms with E-state index in [1.54, 1.807) is 0 Å². The van der Waals surface area contributed by atoms with Gasteiger partial charge in [0.15, 0.2) is 0 Å². The summed E-state index contributed by atoms with van der Waals surface area (Å²) in [5.74, 6) is 0. The number of hydrogen-bond acceptors (Lipinski definition) is 3. The van der Waals surface area contributed by atoms with E-state index in [1.165, 1.54) is 11.1 Å². The number of fused-ring (bicyclic) bond motifs is 1. The molecule has 0 saturated carbocycles. The summed E-state index contributed by atoms with van der Waals surface area (Å²) in [5.41, 5.74) is 9.27. The molecule has 2 rings (SSSR count). The average Bonchev–Trinajstić information content (AvgIpc) is 2.51. The molecule has 0 saturated heterocycles. The molecule has 1 aromatic rings. The van der Waals surface area contributed by atoms with Crippen molar-refractivity contribution in [1.82, 2.24) is 4.90 Å². The highest BCUT2D eigenvalue weighted by molar-refractivity contribution is 5.32. The van der Waals surface area contributed by atoms with Gasteiger partial charge in [0.05, 0.1) is 6.61 Å². The summed E-state index contributed by atoms with van der Waals surface area (Å²) in [7, 11) is 0. The number of likely N-dealkylation sites (N-methyl/N-ethyl adjacent to an activating group) is 1. The van der Waals surface area contributed by atoms with Crippen LogP contribution in [0.25, 0.3) is 0 Å². The fraction of sp³-hybridized carbons (Fsp3) is 0.647. The van der Waals surface area contributed by atoms with Crippen LogP contribution in [-0.4, -0.2) is 43.3 Å². The van der Waals surface area contributed by atoms with E-state index in [9.17, 15) is 0 Å². The van der Waals surface area contributed by atoms with Crippen molar-refractivity contribution in [2.45, 2.75) is 38.6 Å². The minimum atomic E-state index is 0.111. The molecule has 1 unspecified atom stereocenters. The van der Waals surface area contributed by atoms with Gasteiger partial charge < -0.3 is 10.5 Å². The molecule has 0 radical (unpaired) electrons. The monoisotopic (exact) mass is 276 g/mol. The molecule has 20 heavy (non-hydrogen) atoms. The standard InChI is InChI=1S/C17H28N2O/c1-3-19(11-12-20-4-2)17(14-18)10-9-15-7-5-6-8-16(15)13-17/h5-8H,3-4,9-14,18H2,1-2H3. The second kappa shape index (κ2) is 7.21. The molecule has 0 amide bonds. The minimum absolute atomic E-state index is 0.111. The molecule has 0 heterocycles. The van der Waals surface area contributed by atoms with Gasteiger partial charge in [-0.15, -0.1) is 0 Å². The summed E-state index contributed by atoms with van der Waals surface area (Å²) in [6.07, 6.45) is 3.36. The largest absolute Gasteiger partial charge is 0.380 e. The lowest BCUT2D eigenvalue weighted by molar-refractivity contribution is 0.0434. The Balaban J connectivity index is 2.13. The zero-order valence-electron chi connectivity index (χ0n) is 12.9. The molecule has 0 aliphatic heterocycles. The molecular weight excluding hydrogens is 248 g/mol. The number of nitrogens with zero attached hydrogens (tertiary/aromatic N) is 1. The Morgan fingerprint density at radius 2 is 2.00 bits per heavy atom. The number of nitrogens with two attached hydrogens (primary N) is 1. The van der Waals surface area contributed by atoms with Crippen LogP contribution in [0.2, 0.25) is 0 Å². The number of benzene rings is 1. The molecule has 112 valence electrons. The van der Waals surface area contributed by atoms with E-state index in [0.29, 0.717) is 0 Å². The smallest absolute Gasteiger partial charge is 0.0593 e. The van der Waals surface area contributed by atoms with Crippen molar-refractivity contribution in [3.63, 3.8) is 0 Å². The van der Waals surface area contributed by atoms with E-state index in [-0.39, 0.29) is 5.54 Å². The van der Waals surface area contributed by atoms with E-state index in [2.05, 4.69) is 36.1 Å². The Labute approximate surface area is 123 Å². The van der Waals surface area contributed by atoms with Crippen molar-refractivity contribution in [3.05, 3.63) is 35.4 Å². The maximum Gasteiger partial charge on any atom is 0.0593 e. The lowest BCUT2D eigenvalue weighted by Gasteiger charge is -2.46. The van der Waals surface area contributed by atoms with E-state index in [1.807, 2.05) is 6.92 Å². The van der Waals surface area contributed by atoms with Crippen LogP contribution >= 0.6 is 0 Å². The predicted octanol–water partition coefficient (Wildman–Crippen LogP) is 2.23. The average molecular weight is 276 g/mol. The fourth-order valence-electron chi connectivity index (χ4n) is 3.41. The van der Waals surface area contributed by atoms with Crippen LogP contribution in [0.1, 0.15) is 31.4 Å². The number of aryl methyl sites for hydroxylation is 1. The molecule has 1 aliphatic rings. The molecule has 0 aromatic heterocycles. The van der Waals surface area contributed by atoms with Gasteiger partial charge in [0.2, 0.25) is 0 Å². The highest BCUT2D eigenvalue weighted by atomic mass is 16.5. The van der Waals surface area contributed by atoms with Crippen molar-refractivity contribution in [2.24, 2.45) is 5.73 Å². The normalized spacial score (nSPS) is 22.0. The van der Waals surface area contributed by atoms with Gasteiger partial charge >= 0.3 is 0 Å². The molecule has 0 fully saturated rings. The van der Waals surface area contributed by atoms with Gasteiger partial charge in [-0.3, -0.25) is 4.90 Å². The van der Waals surface area contributed by atoms with Gasteiger partial charge in [0.25, 0.3) is 0 Å². The molecule has 0 spiro atoms. The van der Waals surface area contributed by atoms with Crippen LogP contribution in [0.4, 0.5) is 0 Å². The molecular formula is C17H28N2O. The minimum Gasteiger partial charge on any atom is -0.380 e. The van der Waals surface area contributed by atoms with Crippen molar-refractivity contribution in [2.75, 3.05) is 32.8 Å². The zero-order valence-corrected chi connectivity index (χ0v) is 12.9. The topological polar surface area (TPSA) is 38.5 Å². The van der Waals surface area contributed by atoms with Gasteiger partial charge in [0.1, 0.15) is 0 Å². The third-order valence-corrected chi connectivity index (χ3v) is 4.64. The maximum atomic E-state index is 6.19. The highest BCUT2D eigenvalue weighted by Gasteiger charge is 2.37. The lowest BCUT2D eigenvalue weighted by atomic mass is 9.76. The zero-order chi connectivity index (χ0) is 14.4. The van der Waals surface area contributed by atoms with Crippen LogP contribution in [0, 0.1) is 0 Å². The van der Waals surface area contributed by atoms with Gasteiger partial charge in [-0.25, -0.2) is 0 Å². The predicted molar refractivity (Wildman–Crippen MR) is 84.0 cm³/mol. The summed E-state index contributed by atoms with van der Waals surface area (Å²) >= 11 is 0. The quantitative estimate of drug-likeness (QED) is 0.776. The first-order valence-electron chi connectivity index (χ1n) is 7.85. The van der Waals surface area contributed by atoms with Crippen LogP contribution in [-0.2, 0) is 17.6 Å². The van der Waals surface area contributed by atoms with Gasteiger partial charge in [-0.1, -0.05) is 31.2 Å². The van der Waals surface area contributed by atoms with Crippen molar-refractivity contribution >= 4 is 0 Å². The van der Waals surface area contributed by atoms with Gasteiger partial charge in [-0.05, 0) is 43.9 Å². The number of ether oxygens (including phenoxy) is 1. The van der Waals surface area contributed by atoms with E-state index in [0.717, 1.165) is 52.1 Å². The molecule has 1 aliphatic carbocycles. The summed E-state index contributed by atoms with van der Waals surface area (Å²) in [4.78, 5) is 2.53. The summed E-state index contributed by atoms with van der Waals surface area (Å²) in [6, 6.07) is 8.80. The second-order valence-electron chi connectivity index (χ2n) is 5.65. The van der Waals surface area contributed by atoms with Gasteiger partial charge in [-0.2, -0.15) is 0 Å². The fourth-order valence-corrected chi connectivity index (χ4v) is 3.41. The molecule has 1 atom stereocenters. The van der Waals surface area contributed by atoms with Crippen molar-refractivity contribution in [3.8, 4) is 0 Å². The first-order valence-corrected chi connectivity index (χ1v) is 7.85. The third-order valence-electron chi connectivity index (χ3n) is 4.64. The van der Waals surface area contributed by atoms with Crippen molar-refractivity contribution < 1.29 is 4.74 Å². The first-order chi connectivity index (χ1) is 9.75. The first kappa shape index (κ1) is 15.5. The van der Waals surface area contributed by atoms with E-state index in [4.69, 9.17) is 10.5 Å². The Hall–Kier alpha value is -0.900. The second-order valence-corrected chi connectivity index (χ2v) is 5.65. The summed E-state index contributed by atoms with van der Waals surface area (Å²) in [6.45, 7) is 8.59. The van der Waals surface area contributed by atoms with Crippen LogP contribution < -0.4 is 5.73 Å². The van der Waals surface area contributed by atoms with Crippen LogP contribution in [0.15, 0.2) is 24.3 Å². The van der Waals surface area contributed by atoms with Gasteiger partial charge in [0, 0.05) is 25.2 Å².